The molecule has 122 valence electrons. The van der Waals surface area contributed by atoms with Crippen molar-refractivity contribution in [1.29, 1.82) is 0 Å². The third kappa shape index (κ3) is 4.01. The van der Waals surface area contributed by atoms with E-state index in [-0.39, 0.29) is 0 Å². The van der Waals surface area contributed by atoms with Crippen LogP contribution in [-0.4, -0.2) is 28.6 Å². The maximum absolute atomic E-state index is 6.31. The molecule has 0 heterocycles. The Kier molecular flexibility index (Phi) is 6.33. The number of benzene rings is 3. The highest BCUT2D eigenvalue weighted by Gasteiger charge is 2.18. The molecule has 0 saturated heterocycles. The van der Waals surface area contributed by atoms with Crippen molar-refractivity contribution in [3.05, 3.63) is 84.9 Å². The minimum atomic E-state index is -1.32. The van der Waals surface area contributed by atoms with E-state index < -0.39 is 17.6 Å². The monoisotopic (exact) mass is 386 g/mol. The lowest BCUT2D eigenvalue weighted by Gasteiger charge is -2.17. The van der Waals surface area contributed by atoms with Crippen LogP contribution in [0, 0.1) is 0 Å². The van der Waals surface area contributed by atoms with Crippen molar-refractivity contribution in [3.63, 3.8) is 0 Å². The van der Waals surface area contributed by atoms with Gasteiger partial charge in [-0.05, 0) is 0 Å². The fourth-order valence-electron chi connectivity index (χ4n) is 3.07. The van der Waals surface area contributed by atoms with Crippen LogP contribution in [-0.2, 0) is 0 Å². The zero-order chi connectivity index (χ0) is 16.8. The Hall–Kier alpha value is -1.33. The van der Waals surface area contributed by atoms with Crippen LogP contribution in [0.15, 0.2) is 84.9 Å². The van der Waals surface area contributed by atoms with Gasteiger partial charge in [-0.3, -0.25) is 0 Å². The number of hydrogen-bond acceptors (Lipinski definition) is 0. The van der Waals surface area contributed by atoms with Crippen LogP contribution in [0.5, 0.6) is 0 Å². The minimum absolute atomic E-state index is 0.721. The number of halogens is 2. The van der Waals surface area contributed by atoms with Gasteiger partial charge in [0.1, 0.15) is 17.6 Å². The summed E-state index contributed by atoms with van der Waals surface area (Å²) in [5.41, 5.74) is 1.44. The van der Waals surface area contributed by atoms with Crippen LogP contribution < -0.4 is 20.7 Å². The summed E-state index contributed by atoms with van der Waals surface area (Å²) in [6.45, 7) is 0. The topological polar surface area (TPSA) is 0 Å². The molecule has 2 unspecified atom stereocenters. The van der Waals surface area contributed by atoms with Gasteiger partial charge in [0.05, 0.1) is 0 Å². The third-order valence-electron chi connectivity index (χ3n) is 4.45. The van der Waals surface area contributed by atoms with Gasteiger partial charge in [0.15, 0.2) is 0 Å². The van der Waals surface area contributed by atoms with Crippen molar-refractivity contribution < 1.29 is 0 Å². The molecule has 3 aromatic carbocycles. The van der Waals surface area contributed by atoms with E-state index in [1.165, 1.54) is 20.7 Å². The van der Waals surface area contributed by atoms with Crippen molar-refractivity contribution in [2.75, 3.05) is 11.0 Å². The van der Waals surface area contributed by atoms with Crippen LogP contribution in [0.2, 0.25) is 0 Å². The maximum atomic E-state index is 6.31. The summed E-state index contributed by atoms with van der Waals surface area (Å²) in [7, 11) is -2.63. The predicted octanol–water partition coefficient (Wildman–Crippen LogP) is 1.93. The van der Waals surface area contributed by atoms with E-state index in [4.69, 9.17) is 23.2 Å². The van der Waals surface area contributed by atoms with E-state index in [0.717, 1.165) is 11.0 Å². The summed E-state index contributed by atoms with van der Waals surface area (Å²) in [5, 5.41) is 5.59. The zero-order valence-electron chi connectivity index (χ0n) is 13.4. The normalized spacial score (nSPS) is 13.4. The molecular formula is C20H20Cl2Si2. The second-order valence-corrected chi connectivity index (χ2v) is 13.2. The highest BCUT2D eigenvalue weighted by atomic mass is 35.5. The first-order chi connectivity index (χ1) is 11.8. The summed E-state index contributed by atoms with van der Waals surface area (Å²) >= 11 is 12.6. The third-order valence-corrected chi connectivity index (χ3v) is 11.7. The first-order valence-electron chi connectivity index (χ1n) is 8.15. The van der Waals surface area contributed by atoms with Crippen molar-refractivity contribution in [2.45, 2.75) is 0 Å². The van der Waals surface area contributed by atoms with Crippen LogP contribution >= 0.6 is 23.2 Å². The molecule has 0 aliphatic rings. The van der Waals surface area contributed by atoms with Crippen LogP contribution in [0.3, 0.4) is 0 Å². The quantitative estimate of drug-likeness (QED) is 0.448. The molecule has 0 aromatic heterocycles. The van der Waals surface area contributed by atoms with Gasteiger partial charge >= 0.3 is 0 Å². The van der Waals surface area contributed by atoms with Gasteiger partial charge in [0.25, 0.3) is 0 Å². The Bertz CT molecular complexity index is 679. The lowest BCUT2D eigenvalue weighted by molar-refractivity contribution is 1.71. The standard InChI is InChI=1S/C20H20Cl2Si2/c21-15-23(17-7-3-1-4-8-17)19-11-13-20(14-12-19)24(16-22)18-9-5-2-6-10-18/h1-14,23-24H,15-16H2. The summed E-state index contributed by atoms with van der Waals surface area (Å²) in [6, 6.07) is 30.4. The number of alkyl halides is 2. The molecule has 0 bridgehead atoms. The van der Waals surface area contributed by atoms with E-state index in [2.05, 4.69) is 84.9 Å². The zero-order valence-corrected chi connectivity index (χ0v) is 17.2. The largest absolute Gasteiger partial charge is 0.130 e. The fraction of sp³-hybridized carbons (Fsp3) is 0.100. The Morgan fingerprint density at radius 3 is 1.04 bits per heavy atom. The second kappa shape index (κ2) is 8.68. The maximum Gasteiger partial charge on any atom is 0.117 e. The van der Waals surface area contributed by atoms with Gasteiger partial charge in [-0.15, -0.1) is 23.2 Å². The molecule has 0 aliphatic heterocycles. The molecule has 0 saturated carbocycles. The van der Waals surface area contributed by atoms with Gasteiger partial charge in [-0.25, -0.2) is 0 Å². The van der Waals surface area contributed by atoms with Crippen molar-refractivity contribution in [2.24, 2.45) is 0 Å². The van der Waals surface area contributed by atoms with E-state index in [1.807, 2.05) is 0 Å². The number of rotatable bonds is 6. The average Bonchev–Trinajstić information content (AvgIpc) is 2.66. The van der Waals surface area contributed by atoms with E-state index in [1.54, 1.807) is 0 Å². The van der Waals surface area contributed by atoms with Crippen molar-refractivity contribution >= 4 is 61.5 Å². The molecule has 0 aliphatic carbocycles. The Morgan fingerprint density at radius 2 is 0.750 bits per heavy atom. The fourth-order valence-corrected chi connectivity index (χ4v) is 9.38. The Labute approximate surface area is 157 Å². The van der Waals surface area contributed by atoms with Crippen molar-refractivity contribution in [1.82, 2.24) is 0 Å². The molecular weight excluding hydrogens is 367 g/mol. The molecule has 3 rings (SSSR count). The molecule has 0 fully saturated rings. The summed E-state index contributed by atoms with van der Waals surface area (Å²) in [5.74, 6) is 0. The molecule has 0 N–H and O–H groups in total. The molecule has 2 atom stereocenters. The van der Waals surface area contributed by atoms with Crippen LogP contribution in [0.1, 0.15) is 0 Å². The smallest absolute Gasteiger partial charge is 0.117 e. The highest BCUT2D eigenvalue weighted by molar-refractivity contribution is 6.91. The van der Waals surface area contributed by atoms with E-state index in [9.17, 15) is 0 Å². The van der Waals surface area contributed by atoms with Crippen molar-refractivity contribution in [3.8, 4) is 0 Å². The minimum Gasteiger partial charge on any atom is -0.130 e. The second-order valence-electron chi connectivity index (χ2n) is 5.90. The van der Waals surface area contributed by atoms with Gasteiger partial charge in [-0.1, -0.05) is 106 Å². The Morgan fingerprint density at radius 1 is 0.458 bits per heavy atom. The lowest BCUT2D eigenvalue weighted by atomic mass is 10.3. The van der Waals surface area contributed by atoms with E-state index in [0.29, 0.717) is 0 Å². The molecule has 0 radical (unpaired) electrons. The predicted molar refractivity (Wildman–Crippen MR) is 114 cm³/mol. The first kappa shape index (κ1) is 17.5. The molecule has 0 nitrogen and oxygen atoms in total. The summed E-state index contributed by atoms with van der Waals surface area (Å²) in [4.78, 5) is 0. The molecule has 4 heteroatoms. The SMILES string of the molecule is ClC[SiH](c1ccccc1)c1ccc([SiH](CCl)c2ccccc2)cc1. The highest BCUT2D eigenvalue weighted by Crippen LogP contribution is 1.98. The molecule has 0 amide bonds. The summed E-state index contributed by atoms with van der Waals surface area (Å²) in [6.07, 6.45) is 0. The summed E-state index contributed by atoms with van der Waals surface area (Å²) < 4.78 is 0. The first-order valence-corrected chi connectivity index (χ1v) is 13.2. The van der Waals surface area contributed by atoms with Crippen LogP contribution in [0.25, 0.3) is 0 Å². The number of hydrogen-bond donors (Lipinski definition) is 0. The molecule has 0 spiro atoms. The molecule has 24 heavy (non-hydrogen) atoms. The Balaban J connectivity index is 1.87. The van der Waals surface area contributed by atoms with Gasteiger partial charge in [0.2, 0.25) is 0 Å². The van der Waals surface area contributed by atoms with E-state index >= 15 is 0 Å². The van der Waals surface area contributed by atoms with Gasteiger partial charge in [0, 0.05) is 11.0 Å². The van der Waals surface area contributed by atoms with Crippen LogP contribution in [0.4, 0.5) is 0 Å². The molecule has 3 aromatic rings. The lowest BCUT2D eigenvalue weighted by Crippen LogP contribution is -2.47. The average molecular weight is 387 g/mol. The van der Waals surface area contributed by atoms with Gasteiger partial charge < -0.3 is 0 Å². The van der Waals surface area contributed by atoms with Gasteiger partial charge in [-0.2, -0.15) is 0 Å².